The maximum absolute atomic E-state index is 5.65. The molecule has 78 valence electrons. The Labute approximate surface area is 89.8 Å². The van der Waals surface area contributed by atoms with Crippen molar-refractivity contribution in [3.63, 3.8) is 0 Å². The molecule has 1 heterocycles. The van der Waals surface area contributed by atoms with E-state index in [2.05, 4.69) is 23.9 Å². The third-order valence-corrected chi connectivity index (χ3v) is 2.41. The molecule has 0 spiro atoms. The summed E-state index contributed by atoms with van der Waals surface area (Å²) in [6.07, 6.45) is 0. The molecule has 0 fully saturated rings. The number of aromatic nitrogens is 2. The van der Waals surface area contributed by atoms with Crippen LogP contribution in [0.25, 0.3) is 0 Å². The zero-order valence-electron chi connectivity index (χ0n) is 8.89. The van der Waals surface area contributed by atoms with Crippen LogP contribution in [0.1, 0.15) is 17.0 Å². The minimum Gasteiger partial charge on any atom is -0.308 e. The van der Waals surface area contributed by atoms with Crippen LogP contribution in [0.3, 0.4) is 0 Å². The molecule has 14 heavy (non-hydrogen) atoms. The summed E-state index contributed by atoms with van der Waals surface area (Å²) in [4.78, 5) is 0. The molecule has 0 atom stereocenters. The molecular weight excluding hydrogens is 198 g/mol. The third kappa shape index (κ3) is 2.59. The topological polar surface area (TPSA) is 29.9 Å². The van der Waals surface area contributed by atoms with E-state index in [0.29, 0.717) is 11.6 Å². The quantitative estimate of drug-likeness (QED) is 0.828. The van der Waals surface area contributed by atoms with Gasteiger partial charge >= 0.3 is 0 Å². The first kappa shape index (κ1) is 11.3. The number of hydrogen-bond acceptors (Lipinski definition) is 2. The molecule has 1 N–H and O–H groups in total. The van der Waals surface area contributed by atoms with Crippen LogP contribution in [0.15, 0.2) is 11.6 Å². The molecule has 3 nitrogen and oxygen atoms in total. The van der Waals surface area contributed by atoms with Crippen LogP contribution in [-0.2, 0) is 13.6 Å². The number of nitrogens with zero attached hydrogens (tertiary/aromatic N) is 2. The van der Waals surface area contributed by atoms with Gasteiger partial charge in [0.2, 0.25) is 0 Å². The average molecular weight is 214 g/mol. The monoisotopic (exact) mass is 213 g/mol. The highest BCUT2D eigenvalue weighted by atomic mass is 35.5. The molecule has 0 saturated carbocycles. The molecule has 0 aromatic carbocycles. The van der Waals surface area contributed by atoms with Gasteiger partial charge in [0.25, 0.3) is 0 Å². The van der Waals surface area contributed by atoms with Gasteiger partial charge in [-0.15, -0.1) is 0 Å². The molecule has 4 heteroatoms. The summed E-state index contributed by atoms with van der Waals surface area (Å²) in [5.41, 5.74) is 3.50. The van der Waals surface area contributed by atoms with Gasteiger partial charge in [0, 0.05) is 36.4 Å². The third-order valence-electron chi connectivity index (χ3n) is 2.28. The lowest BCUT2D eigenvalue weighted by molar-refractivity contribution is 0.722. The molecule has 0 radical (unpaired) electrons. The number of aryl methyl sites for hydroxylation is 2. The molecule has 0 amide bonds. The van der Waals surface area contributed by atoms with Gasteiger partial charge in [0.1, 0.15) is 0 Å². The van der Waals surface area contributed by atoms with Crippen LogP contribution < -0.4 is 5.32 Å². The number of nitrogens with one attached hydrogen (secondary N) is 1. The standard InChI is InChI=1S/C10H16ClN3/c1-7(11)5-12-6-10-8(2)13-14(4)9(10)3/h12H,1,5-6H2,2-4H3. The number of hydrogen-bond donors (Lipinski definition) is 1. The van der Waals surface area contributed by atoms with Crippen molar-refractivity contribution in [2.24, 2.45) is 7.05 Å². The van der Waals surface area contributed by atoms with Crippen LogP contribution in [-0.4, -0.2) is 16.3 Å². The maximum atomic E-state index is 5.65. The minimum atomic E-state index is 0.629. The van der Waals surface area contributed by atoms with Gasteiger partial charge in [-0.3, -0.25) is 4.68 Å². The van der Waals surface area contributed by atoms with E-state index in [1.54, 1.807) is 0 Å². The Morgan fingerprint density at radius 3 is 2.64 bits per heavy atom. The molecule has 0 saturated heterocycles. The van der Waals surface area contributed by atoms with E-state index in [-0.39, 0.29) is 0 Å². The summed E-state index contributed by atoms with van der Waals surface area (Å²) in [5, 5.41) is 8.17. The normalized spacial score (nSPS) is 10.6. The van der Waals surface area contributed by atoms with Gasteiger partial charge in [-0.1, -0.05) is 18.2 Å². The fourth-order valence-electron chi connectivity index (χ4n) is 1.40. The summed E-state index contributed by atoms with van der Waals surface area (Å²) in [6.45, 7) is 9.12. The molecule has 0 unspecified atom stereocenters. The molecule has 1 aromatic rings. The van der Waals surface area contributed by atoms with E-state index in [1.807, 2.05) is 18.7 Å². The van der Waals surface area contributed by atoms with E-state index in [1.165, 1.54) is 11.3 Å². The second-order valence-corrected chi connectivity index (χ2v) is 3.93. The SMILES string of the molecule is C=C(Cl)CNCc1c(C)nn(C)c1C. The molecule has 0 aliphatic heterocycles. The van der Waals surface area contributed by atoms with Gasteiger partial charge in [-0.2, -0.15) is 5.10 Å². The first-order chi connectivity index (χ1) is 6.52. The molecule has 1 rings (SSSR count). The largest absolute Gasteiger partial charge is 0.308 e. The van der Waals surface area contributed by atoms with Gasteiger partial charge in [-0.25, -0.2) is 0 Å². The summed E-state index contributed by atoms with van der Waals surface area (Å²) in [5.74, 6) is 0. The molecule has 0 aliphatic rings. The van der Waals surface area contributed by atoms with Crippen LogP contribution in [0.5, 0.6) is 0 Å². The van der Waals surface area contributed by atoms with Crippen LogP contribution in [0.4, 0.5) is 0 Å². The van der Waals surface area contributed by atoms with E-state index >= 15 is 0 Å². The van der Waals surface area contributed by atoms with Gasteiger partial charge in [0.05, 0.1) is 5.69 Å². The van der Waals surface area contributed by atoms with Crippen LogP contribution in [0.2, 0.25) is 0 Å². The van der Waals surface area contributed by atoms with E-state index in [0.717, 1.165) is 12.2 Å². The zero-order valence-corrected chi connectivity index (χ0v) is 9.65. The highest BCUT2D eigenvalue weighted by Gasteiger charge is 2.07. The predicted molar refractivity (Wildman–Crippen MR) is 59.4 cm³/mol. The highest BCUT2D eigenvalue weighted by molar-refractivity contribution is 6.29. The first-order valence-corrected chi connectivity index (χ1v) is 4.93. The van der Waals surface area contributed by atoms with Crippen molar-refractivity contribution in [1.29, 1.82) is 0 Å². The minimum absolute atomic E-state index is 0.629. The fourth-order valence-corrected chi connectivity index (χ4v) is 1.49. The molecular formula is C10H16ClN3. The lowest BCUT2D eigenvalue weighted by Gasteiger charge is -2.03. The van der Waals surface area contributed by atoms with E-state index in [9.17, 15) is 0 Å². The van der Waals surface area contributed by atoms with E-state index in [4.69, 9.17) is 11.6 Å². The Morgan fingerprint density at radius 2 is 2.21 bits per heavy atom. The lowest BCUT2D eigenvalue weighted by Crippen LogP contribution is -2.15. The van der Waals surface area contributed by atoms with Crippen LogP contribution in [0, 0.1) is 13.8 Å². The second kappa shape index (κ2) is 4.62. The summed E-state index contributed by atoms with van der Waals surface area (Å²) in [6, 6.07) is 0. The van der Waals surface area contributed by atoms with Crippen LogP contribution >= 0.6 is 11.6 Å². The molecule has 0 aliphatic carbocycles. The maximum Gasteiger partial charge on any atom is 0.0641 e. The van der Waals surface area contributed by atoms with Crippen molar-refractivity contribution in [1.82, 2.24) is 15.1 Å². The number of halogens is 1. The summed E-state index contributed by atoms with van der Waals surface area (Å²) in [7, 11) is 1.95. The van der Waals surface area contributed by atoms with Crippen molar-refractivity contribution in [3.05, 3.63) is 28.6 Å². The Morgan fingerprint density at radius 1 is 1.57 bits per heavy atom. The van der Waals surface area contributed by atoms with Crippen molar-refractivity contribution < 1.29 is 0 Å². The zero-order chi connectivity index (χ0) is 10.7. The first-order valence-electron chi connectivity index (χ1n) is 4.55. The van der Waals surface area contributed by atoms with E-state index < -0.39 is 0 Å². The van der Waals surface area contributed by atoms with Crippen molar-refractivity contribution in [2.45, 2.75) is 20.4 Å². The Kier molecular flexibility index (Phi) is 3.72. The fraction of sp³-hybridized carbons (Fsp3) is 0.500. The van der Waals surface area contributed by atoms with Crippen molar-refractivity contribution >= 4 is 11.6 Å². The Hall–Kier alpha value is -0.800. The highest BCUT2D eigenvalue weighted by Crippen LogP contribution is 2.11. The number of rotatable bonds is 4. The van der Waals surface area contributed by atoms with Crippen molar-refractivity contribution in [3.8, 4) is 0 Å². The van der Waals surface area contributed by atoms with Crippen molar-refractivity contribution in [2.75, 3.05) is 6.54 Å². The summed E-state index contributed by atoms with van der Waals surface area (Å²) < 4.78 is 1.89. The Balaban J connectivity index is 2.62. The average Bonchev–Trinajstić information content (AvgIpc) is 2.31. The van der Waals surface area contributed by atoms with Gasteiger partial charge < -0.3 is 5.32 Å². The smallest absolute Gasteiger partial charge is 0.0641 e. The summed E-state index contributed by atoms with van der Waals surface area (Å²) >= 11 is 5.65. The van der Waals surface area contributed by atoms with Gasteiger partial charge in [-0.05, 0) is 13.8 Å². The molecule has 1 aromatic heterocycles. The lowest BCUT2D eigenvalue weighted by atomic mass is 10.2. The second-order valence-electron chi connectivity index (χ2n) is 3.39. The predicted octanol–water partition coefficient (Wildman–Crippen LogP) is 1.88. The van der Waals surface area contributed by atoms with Gasteiger partial charge in [0.15, 0.2) is 0 Å². The Bertz CT molecular complexity index is 341. The molecule has 0 bridgehead atoms.